The van der Waals surface area contributed by atoms with Crippen LogP contribution in [0, 0.1) is 11.8 Å². The van der Waals surface area contributed by atoms with Crippen molar-refractivity contribution in [3.05, 3.63) is 35.9 Å². The van der Waals surface area contributed by atoms with Crippen LogP contribution in [0.15, 0.2) is 30.3 Å². The predicted octanol–water partition coefficient (Wildman–Crippen LogP) is 2.55. The first kappa shape index (κ1) is 23.1. The van der Waals surface area contributed by atoms with Gasteiger partial charge in [-0.05, 0) is 62.9 Å². The summed E-state index contributed by atoms with van der Waals surface area (Å²) in [5.41, 5.74) is 0.563. The fourth-order valence-corrected chi connectivity index (χ4v) is 3.72. The Labute approximate surface area is 179 Å². The van der Waals surface area contributed by atoms with E-state index >= 15 is 0 Å². The van der Waals surface area contributed by atoms with Crippen molar-refractivity contribution in [1.29, 1.82) is 0 Å². The van der Waals surface area contributed by atoms with Gasteiger partial charge in [-0.2, -0.15) is 0 Å². The fourth-order valence-electron chi connectivity index (χ4n) is 3.39. The number of thiocarbonyl (C=S) groups is 1. The van der Waals surface area contributed by atoms with E-state index in [0.717, 1.165) is 37.6 Å². The zero-order chi connectivity index (χ0) is 21.4. The van der Waals surface area contributed by atoms with E-state index in [1.54, 1.807) is 12.1 Å². The average Bonchev–Trinajstić information content (AvgIpc) is 2.72. The first-order valence-electron chi connectivity index (χ1n) is 10.5. The average molecular weight is 419 g/mol. The molecule has 0 radical (unpaired) electrons. The van der Waals surface area contributed by atoms with Crippen LogP contribution in [-0.4, -0.2) is 53.5 Å². The van der Waals surface area contributed by atoms with Crippen LogP contribution in [0.4, 0.5) is 0 Å². The molecule has 0 aliphatic carbocycles. The van der Waals surface area contributed by atoms with Gasteiger partial charge >= 0.3 is 0 Å². The van der Waals surface area contributed by atoms with E-state index in [0.29, 0.717) is 11.5 Å². The minimum absolute atomic E-state index is 0.0417. The van der Waals surface area contributed by atoms with E-state index in [1.807, 2.05) is 32.0 Å². The highest BCUT2D eigenvalue weighted by molar-refractivity contribution is 7.80. The number of nitrogens with one attached hydrogen (secondary N) is 3. The van der Waals surface area contributed by atoms with Crippen molar-refractivity contribution in [2.45, 2.75) is 52.6 Å². The molecule has 2 rings (SSSR count). The summed E-state index contributed by atoms with van der Waals surface area (Å²) in [4.78, 5) is 28.0. The smallest absolute Gasteiger partial charge is 0.251 e. The molecule has 29 heavy (non-hydrogen) atoms. The molecule has 2 atom stereocenters. The summed E-state index contributed by atoms with van der Waals surface area (Å²) in [7, 11) is 0. The molecule has 0 bridgehead atoms. The van der Waals surface area contributed by atoms with Gasteiger partial charge in [-0.25, -0.2) is 0 Å². The highest BCUT2D eigenvalue weighted by Gasteiger charge is 2.34. The third-order valence-electron chi connectivity index (χ3n) is 5.60. The lowest BCUT2D eigenvalue weighted by molar-refractivity contribution is -0.125. The van der Waals surface area contributed by atoms with Gasteiger partial charge in [-0.15, -0.1) is 0 Å². The van der Waals surface area contributed by atoms with E-state index in [1.165, 1.54) is 0 Å². The number of benzene rings is 1. The summed E-state index contributed by atoms with van der Waals surface area (Å²) in [6.45, 7) is 10.5. The molecule has 0 spiro atoms. The lowest BCUT2D eigenvalue weighted by Crippen LogP contribution is -2.56. The van der Waals surface area contributed by atoms with Crippen LogP contribution in [0.2, 0.25) is 0 Å². The van der Waals surface area contributed by atoms with E-state index in [9.17, 15) is 9.59 Å². The maximum Gasteiger partial charge on any atom is 0.251 e. The van der Waals surface area contributed by atoms with E-state index in [4.69, 9.17) is 12.2 Å². The molecule has 1 saturated heterocycles. The quantitative estimate of drug-likeness (QED) is 0.594. The van der Waals surface area contributed by atoms with Crippen molar-refractivity contribution in [1.82, 2.24) is 20.9 Å². The second-order valence-corrected chi connectivity index (χ2v) is 8.41. The lowest BCUT2D eigenvalue weighted by Gasteiger charge is -2.37. The highest BCUT2D eigenvalue weighted by Crippen LogP contribution is 2.22. The van der Waals surface area contributed by atoms with Gasteiger partial charge < -0.3 is 20.9 Å². The number of carbonyl (C=O) groups excluding carboxylic acids is 2. The zero-order valence-electron chi connectivity index (χ0n) is 17.9. The van der Waals surface area contributed by atoms with E-state index in [2.05, 4.69) is 34.7 Å². The molecule has 1 fully saturated rings. The maximum atomic E-state index is 13.1. The van der Waals surface area contributed by atoms with Gasteiger partial charge in [0, 0.05) is 31.2 Å². The second-order valence-electron chi connectivity index (χ2n) is 8.02. The van der Waals surface area contributed by atoms with Gasteiger partial charge in [-0.3, -0.25) is 9.59 Å². The van der Waals surface area contributed by atoms with Crippen LogP contribution in [0.1, 0.15) is 50.9 Å². The highest BCUT2D eigenvalue weighted by atomic mass is 32.1. The zero-order valence-corrected chi connectivity index (χ0v) is 18.7. The number of rotatable bonds is 7. The van der Waals surface area contributed by atoms with Crippen LogP contribution in [0.3, 0.4) is 0 Å². The Kier molecular flexibility index (Phi) is 8.89. The van der Waals surface area contributed by atoms with Crippen LogP contribution >= 0.6 is 12.2 Å². The van der Waals surface area contributed by atoms with Crippen molar-refractivity contribution in [3.8, 4) is 0 Å². The molecule has 160 valence electrons. The number of hydrogen-bond acceptors (Lipinski definition) is 3. The monoisotopic (exact) mass is 418 g/mol. The van der Waals surface area contributed by atoms with Crippen molar-refractivity contribution < 1.29 is 9.59 Å². The first-order chi connectivity index (χ1) is 13.8. The Morgan fingerprint density at radius 2 is 1.72 bits per heavy atom. The van der Waals surface area contributed by atoms with Gasteiger partial charge in [0.1, 0.15) is 6.04 Å². The normalized spacial score (nSPS) is 16.8. The van der Waals surface area contributed by atoms with E-state index in [-0.39, 0.29) is 23.8 Å². The SMILES string of the molecule is CCNC(=S)N1CCC(C(NC(=O)c2ccccc2)C(=O)NC(C)C(C)C)CC1. The largest absolute Gasteiger partial charge is 0.363 e. The number of piperidine rings is 1. The lowest BCUT2D eigenvalue weighted by atomic mass is 9.88. The van der Waals surface area contributed by atoms with Crippen LogP contribution in [-0.2, 0) is 4.79 Å². The molecule has 0 aromatic heterocycles. The third-order valence-corrected chi connectivity index (χ3v) is 6.00. The molecule has 7 heteroatoms. The van der Waals surface area contributed by atoms with Gasteiger partial charge in [0.25, 0.3) is 5.91 Å². The second kappa shape index (κ2) is 11.1. The molecule has 1 aliphatic heterocycles. The summed E-state index contributed by atoms with van der Waals surface area (Å²) < 4.78 is 0. The third kappa shape index (κ3) is 6.70. The number of hydrogen-bond donors (Lipinski definition) is 3. The van der Waals surface area contributed by atoms with Crippen molar-refractivity contribution in [3.63, 3.8) is 0 Å². The molecular formula is C22H34N4O2S. The molecule has 1 aromatic carbocycles. The molecule has 1 heterocycles. The number of carbonyl (C=O) groups is 2. The molecule has 1 aromatic rings. The van der Waals surface area contributed by atoms with E-state index < -0.39 is 6.04 Å². The molecular weight excluding hydrogens is 384 g/mol. The Morgan fingerprint density at radius 3 is 2.28 bits per heavy atom. The fraction of sp³-hybridized carbons (Fsp3) is 0.591. The standard InChI is InChI=1S/C22H34N4O2S/c1-5-23-22(29)26-13-11-17(12-14-26)19(21(28)24-16(4)15(2)3)25-20(27)18-9-7-6-8-10-18/h6-10,15-17,19H,5,11-14H2,1-4H3,(H,23,29)(H,24,28)(H,25,27). The summed E-state index contributed by atoms with van der Waals surface area (Å²) in [6.07, 6.45) is 1.60. The molecule has 6 nitrogen and oxygen atoms in total. The molecule has 2 unspecified atom stereocenters. The van der Waals surface area contributed by atoms with Crippen LogP contribution in [0.25, 0.3) is 0 Å². The van der Waals surface area contributed by atoms with Gasteiger partial charge in [0.15, 0.2) is 5.11 Å². The molecule has 3 N–H and O–H groups in total. The summed E-state index contributed by atoms with van der Waals surface area (Å²) in [6, 6.07) is 8.53. The summed E-state index contributed by atoms with van der Waals surface area (Å²) >= 11 is 5.41. The van der Waals surface area contributed by atoms with Crippen molar-refractivity contribution in [2.24, 2.45) is 11.8 Å². The number of likely N-dealkylation sites (tertiary alicyclic amines) is 1. The maximum absolute atomic E-state index is 13.1. The van der Waals surface area contributed by atoms with Crippen molar-refractivity contribution >= 4 is 29.1 Å². The minimum Gasteiger partial charge on any atom is -0.363 e. The summed E-state index contributed by atoms with van der Waals surface area (Å²) in [5.74, 6) is 0.0724. The molecule has 2 amide bonds. The van der Waals surface area contributed by atoms with Gasteiger partial charge in [-0.1, -0.05) is 32.0 Å². The minimum atomic E-state index is -0.557. The molecule has 1 aliphatic rings. The summed E-state index contributed by atoms with van der Waals surface area (Å²) in [5, 5.41) is 10.0. The van der Waals surface area contributed by atoms with Crippen LogP contribution < -0.4 is 16.0 Å². The van der Waals surface area contributed by atoms with Gasteiger partial charge in [0.05, 0.1) is 0 Å². The number of nitrogens with zero attached hydrogens (tertiary/aromatic N) is 1. The number of amides is 2. The Hall–Kier alpha value is -2.15. The molecule has 0 saturated carbocycles. The predicted molar refractivity (Wildman–Crippen MR) is 121 cm³/mol. The first-order valence-corrected chi connectivity index (χ1v) is 10.9. The van der Waals surface area contributed by atoms with Crippen molar-refractivity contribution in [2.75, 3.05) is 19.6 Å². The Bertz CT molecular complexity index is 687. The Balaban J connectivity index is 2.09. The van der Waals surface area contributed by atoms with Gasteiger partial charge in [0.2, 0.25) is 5.91 Å². The topological polar surface area (TPSA) is 73.5 Å². The van der Waals surface area contributed by atoms with Crippen LogP contribution in [0.5, 0.6) is 0 Å². The Morgan fingerprint density at radius 1 is 1.10 bits per heavy atom.